The maximum Gasteiger partial charge on any atom is 0.317 e. The maximum atomic E-state index is 12.4. The van der Waals surface area contributed by atoms with Crippen LogP contribution in [-0.2, 0) is 0 Å². The third kappa shape index (κ3) is 3.22. The van der Waals surface area contributed by atoms with E-state index in [9.17, 15) is 4.79 Å². The highest BCUT2D eigenvalue weighted by Gasteiger charge is 2.31. The van der Waals surface area contributed by atoms with E-state index in [0.717, 1.165) is 57.8 Å². The Morgan fingerprint density at radius 1 is 1.04 bits per heavy atom. The number of fused-ring (bicyclic) bond motifs is 1. The monoisotopic (exact) mass is 329 g/mol. The van der Waals surface area contributed by atoms with Crippen molar-refractivity contribution in [1.29, 1.82) is 0 Å². The number of carbonyl (C=O) groups is 1. The number of hydrogen-bond acceptors (Lipinski definition) is 3. The lowest BCUT2D eigenvalue weighted by molar-refractivity contribution is 0.0847. The zero-order valence-corrected chi connectivity index (χ0v) is 14.2. The molecule has 4 rings (SSSR count). The normalized spacial score (nSPS) is 25.2. The molecule has 1 atom stereocenters. The van der Waals surface area contributed by atoms with E-state index in [-0.39, 0.29) is 6.03 Å². The zero-order valence-electron chi connectivity index (χ0n) is 14.2. The molecule has 1 aliphatic carbocycles. The summed E-state index contributed by atoms with van der Waals surface area (Å²) in [7, 11) is 0. The second kappa shape index (κ2) is 7.01. The molecule has 0 aromatic heterocycles. The average Bonchev–Trinajstić information content (AvgIpc) is 3.14. The fraction of sp³-hybridized carbons (Fsp3) is 0.632. The zero-order chi connectivity index (χ0) is 16.4. The number of piperazine rings is 1. The number of nitrogens with zero attached hydrogens (tertiary/aromatic N) is 2. The van der Waals surface area contributed by atoms with Gasteiger partial charge < -0.3 is 15.0 Å². The van der Waals surface area contributed by atoms with Crippen LogP contribution in [0, 0.1) is 0 Å². The summed E-state index contributed by atoms with van der Waals surface area (Å²) in [6, 6.07) is 9.32. The van der Waals surface area contributed by atoms with Crippen LogP contribution in [0.2, 0.25) is 0 Å². The Kier molecular flexibility index (Phi) is 4.60. The van der Waals surface area contributed by atoms with Gasteiger partial charge in [-0.3, -0.25) is 4.90 Å². The lowest BCUT2D eigenvalue weighted by Crippen LogP contribution is -2.54. The molecular weight excluding hydrogens is 302 g/mol. The summed E-state index contributed by atoms with van der Waals surface area (Å²) in [6.07, 6.45) is 5.82. The van der Waals surface area contributed by atoms with Crippen molar-refractivity contribution >= 4 is 6.03 Å². The van der Waals surface area contributed by atoms with Crippen LogP contribution in [0.3, 0.4) is 0 Å². The van der Waals surface area contributed by atoms with Crippen molar-refractivity contribution in [2.75, 3.05) is 32.8 Å². The van der Waals surface area contributed by atoms with E-state index in [2.05, 4.69) is 28.4 Å². The number of urea groups is 1. The third-order valence-electron chi connectivity index (χ3n) is 5.65. The van der Waals surface area contributed by atoms with E-state index in [1.165, 1.54) is 18.4 Å². The van der Waals surface area contributed by atoms with Crippen LogP contribution in [0.15, 0.2) is 24.3 Å². The molecule has 1 unspecified atom stereocenters. The molecule has 1 saturated carbocycles. The fourth-order valence-corrected chi connectivity index (χ4v) is 4.28. The highest BCUT2D eigenvalue weighted by molar-refractivity contribution is 5.74. The Hall–Kier alpha value is -1.75. The highest BCUT2D eigenvalue weighted by atomic mass is 16.5. The summed E-state index contributed by atoms with van der Waals surface area (Å²) in [4.78, 5) is 16.9. The van der Waals surface area contributed by atoms with Crippen molar-refractivity contribution in [3.05, 3.63) is 29.8 Å². The molecule has 24 heavy (non-hydrogen) atoms. The third-order valence-corrected chi connectivity index (χ3v) is 5.65. The average molecular weight is 329 g/mol. The van der Waals surface area contributed by atoms with Crippen LogP contribution in [-0.4, -0.2) is 54.7 Å². The van der Waals surface area contributed by atoms with Crippen molar-refractivity contribution in [3.63, 3.8) is 0 Å². The topological polar surface area (TPSA) is 44.8 Å². The van der Waals surface area contributed by atoms with Crippen LogP contribution in [0.25, 0.3) is 0 Å². The van der Waals surface area contributed by atoms with E-state index in [1.807, 2.05) is 11.0 Å². The molecule has 2 heterocycles. The second-order valence-corrected chi connectivity index (χ2v) is 7.14. The standard InChI is InChI=1S/C19H27N3O2/c23-19(20-15-5-1-2-6-15)22-12-10-21(11-13-22)17-9-14-24-18-8-4-3-7-16(17)18/h3-4,7-8,15,17H,1-2,5-6,9-14H2,(H,20,23). The summed E-state index contributed by atoms with van der Waals surface area (Å²) in [5.41, 5.74) is 1.30. The molecule has 1 saturated heterocycles. The number of nitrogens with one attached hydrogen (secondary N) is 1. The van der Waals surface area contributed by atoms with E-state index in [1.54, 1.807) is 0 Å². The van der Waals surface area contributed by atoms with E-state index in [4.69, 9.17) is 4.74 Å². The molecule has 0 radical (unpaired) electrons. The first-order valence-electron chi connectivity index (χ1n) is 9.32. The van der Waals surface area contributed by atoms with Gasteiger partial charge in [-0.25, -0.2) is 4.79 Å². The van der Waals surface area contributed by atoms with Crippen LogP contribution in [0.4, 0.5) is 4.79 Å². The van der Waals surface area contributed by atoms with Gasteiger partial charge in [0.2, 0.25) is 0 Å². The van der Waals surface area contributed by atoms with Crippen molar-refractivity contribution in [2.24, 2.45) is 0 Å². The SMILES string of the molecule is O=C(NC1CCCC1)N1CCN(C2CCOc3ccccc32)CC1. The van der Waals surface area contributed by atoms with Crippen molar-refractivity contribution < 1.29 is 9.53 Å². The molecule has 0 bridgehead atoms. The first kappa shape index (κ1) is 15.8. The van der Waals surface area contributed by atoms with Gasteiger partial charge >= 0.3 is 6.03 Å². The predicted molar refractivity (Wildman–Crippen MR) is 93.2 cm³/mol. The summed E-state index contributed by atoms with van der Waals surface area (Å²) >= 11 is 0. The van der Waals surface area contributed by atoms with Crippen molar-refractivity contribution in [1.82, 2.24) is 15.1 Å². The highest BCUT2D eigenvalue weighted by Crippen LogP contribution is 2.36. The number of ether oxygens (including phenoxy) is 1. The van der Waals surface area contributed by atoms with Gasteiger partial charge in [-0.15, -0.1) is 0 Å². The number of rotatable bonds is 2. The molecule has 3 aliphatic rings. The van der Waals surface area contributed by atoms with Gasteiger partial charge in [-0.2, -0.15) is 0 Å². The van der Waals surface area contributed by atoms with E-state index in [0.29, 0.717) is 12.1 Å². The van der Waals surface area contributed by atoms with Gasteiger partial charge in [0.15, 0.2) is 0 Å². The van der Waals surface area contributed by atoms with E-state index < -0.39 is 0 Å². The molecule has 2 amide bonds. The molecular formula is C19H27N3O2. The predicted octanol–water partition coefficient (Wildman–Crippen LogP) is 2.78. The van der Waals surface area contributed by atoms with Gasteiger partial charge in [0.1, 0.15) is 5.75 Å². The Morgan fingerprint density at radius 2 is 1.79 bits per heavy atom. The number of para-hydroxylation sites is 1. The largest absolute Gasteiger partial charge is 0.493 e. The smallest absolute Gasteiger partial charge is 0.317 e. The van der Waals surface area contributed by atoms with Crippen molar-refractivity contribution in [3.8, 4) is 5.75 Å². The molecule has 5 nitrogen and oxygen atoms in total. The number of benzene rings is 1. The van der Waals surface area contributed by atoms with Gasteiger partial charge in [0.25, 0.3) is 0 Å². The van der Waals surface area contributed by atoms with Crippen LogP contribution in [0.5, 0.6) is 5.75 Å². The summed E-state index contributed by atoms with van der Waals surface area (Å²) in [6.45, 7) is 4.30. The Labute approximate surface area is 144 Å². The lowest BCUT2D eigenvalue weighted by Gasteiger charge is -2.41. The molecule has 130 valence electrons. The molecule has 2 aliphatic heterocycles. The first-order valence-corrected chi connectivity index (χ1v) is 9.32. The van der Waals surface area contributed by atoms with Gasteiger partial charge in [0, 0.05) is 50.2 Å². The minimum Gasteiger partial charge on any atom is -0.493 e. The minimum absolute atomic E-state index is 0.133. The number of hydrogen-bond donors (Lipinski definition) is 1. The Morgan fingerprint density at radius 3 is 2.58 bits per heavy atom. The molecule has 1 aromatic rings. The van der Waals surface area contributed by atoms with Crippen LogP contribution < -0.4 is 10.1 Å². The number of amides is 2. The van der Waals surface area contributed by atoms with Gasteiger partial charge in [-0.1, -0.05) is 31.0 Å². The second-order valence-electron chi connectivity index (χ2n) is 7.14. The molecule has 1 aromatic carbocycles. The van der Waals surface area contributed by atoms with E-state index >= 15 is 0 Å². The van der Waals surface area contributed by atoms with Crippen LogP contribution >= 0.6 is 0 Å². The minimum atomic E-state index is 0.133. The molecule has 5 heteroatoms. The summed E-state index contributed by atoms with van der Waals surface area (Å²) < 4.78 is 5.78. The number of carbonyl (C=O) groups excluding carboxylic acids is 1. The summed E-state index contributed by atoms with van der Waals surface area (Å²) in [5.74, 6) is 1.02. The molecule has 1 N–H and O–H groups in total. The van der Waals surface area contributed by atoms with Gasteiger partial charge in [0.05, 0.1) is 6.61 Å². The van der Waals surface area contributed by atoms with Crippen molar-refractivity contribution in [2.45, 2.75) is 44.2 Å². The molecule has 0 spiro atoms. The van der Waals surface area contributed by atoms with Gasteiger partial charge in [-0.05, 0) is 18.9 Å². The van der Waals surface area contributed by atoms with Crippen LogP contribution in [0.1, 0.15) is 43.7 Å². The Bertz CT molecular complexity index is 578. The summed E-state index contributed by atoms with van der Waals surface area (Å²) in [5, 5.41) is 3.21. The quantitative estimate of drug-likeness (QED) is 0.907. The molecule has 2 fully saturated rings. The Balaban J connectivity index is 1.34. The first-order chi connectivity index (χ1) is 11.8. The maximum absolute atomic E-state index is 12.4. The fourth-order valence-electron chi connectivity index (χ4n) is 4.28. The lowest BCUT2D eigenvalue weighted by atomic mass is 9.98.